The molecule has 3 atom stereocenters. The molecular formula is C18H24N4O. The molecule has 23 heavy (non-hydrogen) atoms. The van der Waals surface area contributed by atoms with Gasteiger partial charge in [-0.3, -0.25) is 14.8 Å². The molecule has 5 nitrogen and oxygen atoms in total. The van der Waals surface area contributed by atoms with E-state index in [0.717, 1.165) is 38.3 Å². The predicted molar refractivity (Wildman–Crippen MR) is 89.4 cm³/mol. The van der Waals surface area contributed by atoms with Crippen molar-refractivity contribution in [2.45, 2.75) is 38.1 Å². The molecule has 0 amide bonds. The number of aliphatic hydroxyl groups excluding tert-OH is 1. The van der Waals surface area contributed by atoms with E-state index in [0.29, 0.717) is 12.1 Å². The fourth-order valence-corrected chi connectivity index (χ4v) is 4.00. The van der Waals surface area contributed by atoms with Crippen LogP contribution >= 0.6 is 0 Å². The Bertz CT molecular complexity index is 656. The first-order chi connectivity index (χ1) is 11.2. The van der Waals surface area contributed by atoms with E-state index < -0.39 is 0 Å². The average Bonchev–Trinajstić information content (AvgIpc) is 3.14. The highest BCUT2D eigenvalue weighted by atomic mass is 16.3. The van der Waals surface area contributed by atoms with Crippen LogP contribution in [-0.4, -0.2) is 62.3 Å². The van der Waals surface area contributed by atoms with Gasteiger partial charge in [-0.1, -0.05) is 0 Å². The number of hydrogen-bond acceptors (Lipinski definition) is 4. The topological polar surface area (TPSA) is 44.5 Å². The first-order valence-electron chi connectivity index (χ1n) is 8.43. The van der Waals surface area contributed by atoms with Crippen molar-refractivity contribution in [3.63, 3.8) is 0 Å². The Morgan fingerprint density at radius 2 is 2.13 bits per heavy atom. The van der Waals surface area contributed by atoms with Gasteiger partial charge in [-0.2, -0.15) is 0 Å². The number of nitrogens with zero attached hydrogens (tertiary/aromatic N) is 4. The van der Waals surface area contributed by atoms with Gasteiger partial charge >= 0.3 is 0 Å². The molecule has 2 aliphatic rings. The van der Waals surface area contributed by atoms with Gasteiger partial charge in [0.25, 0.3) is 0 Å². The van der Waals surface area contributed by atoms with Gasteiger partial charge in [0.2, 0.25) is 0 Å². The number of hydrogen-bond donors (Lipinski definition) is 1. The van der Waals surface area contributed by atoms with Crippen molar-refractivity contribution in [3.05, 3.63) is 48.5 Å². The summed E-state index contributed by atoms with van der Waals surface area (Å²) >= 11 is 0. The fraction of sp³-hybridized carbons (Fsp3) is 0.500. The zero-order chi connectivity index (χ0) is 15.8. The molecule has 2 saturated heterocycles. The maximum absolute atomic E-state index is 9.91. The molecule has 5 heteroatoms. The number of fused-ring (bicyclic) bond motifs is 1. The summed E-state index contributed by atoms with van der Waals surface area (Å²) in [6.45, 7) is 6.16. The maximum Gasteiger partial charge on any atom is 0.0682 e. The van der Waals surface area contributed by atoms with Crippen molar-refractivity contribution in [2.75, 3.05) is 19.6 Å². The molecule has 0 spiro atoms. The molecule has 0 bridgehead atoms. The second-order valence-corrected chi connectivity index (χ2v) is 6.86. The lowest BCUT2D eigenvalue weighted by molar-refractivity contribution is 0.0517. The van der Waals surface area contributed by atoms with Crippen LogP contribution in [0.2, 0.25) is 0 Å². The van der Waals surface area contributed by atoms with E-state index in [9.17, 15) is 5.11 Å². The van der Waals surface area contributed by atoms with Crippen molar-refractivity contribution in [2.24, 2.45) is 0 Å². The van der Waals surface area contributed by atoms with Crippen LogP contribution in [0, 0.1) is 0 Å². The Balaban J connectivity index is 1.52. The van der Waals surface area contributed by atoms with Gasteiger partial charge in [0.1, 0.15) is 0 Å². The molecule has 0 aliphatic carbocycles. The zero-order valence-corrected chi connectivity index (χ0v) is 13.5. The molecule has 1 N–H and O–H groups in total. The first kappa shape index (κ1) is 14.9. The monoisotopic (exact) mass is 312 g/mol. The van der Waals surface area contributed by atoms with E-state index in [1.165, 1.54) is 5.69 Å². The van der Waals surface area contributed by atoms with Gasteiger partial charge in [-0.15, -0.1) is 0 Å². The Morgan fingerprint density at radius 3 is 2.96 bits per heavy atom. The van der Waals surface area contributed by atoms with E-state index in [2.05, 4.69) is 50.7 Å². The minimum atomic E-state index is -0.147. The lowest BCUT2D eigenvalue weighted by atomic mass is 10.1. The third kappa shape index (κ3) is 2.92. The van der Waals surface area contributed by atoms with Crippen molar-refractivity contribution < 1.29 is 5.11 Å². The van der Waals surface area contributed by atoms with Crippen molar-refractivity contribution in [3.8, 4) is 5.69 Å². The quantitative estimate of drug-likeness (QED) is 0.933. The Labute approximate surface area is 137 Å². The highest BCUT2D eigenvalue weighted by molar-refractivity contribution is 5.32. The summed E-state index contributed by atoms with van der Waals surface area (Å²) in [5.41, 5.74) is 2.40. The van der Waals surface area contributed by atoms with E-state index >= 15 is 0 Å². The second kappa shape index (κ2) is 6.07. The molecule has 0 unspecified atom stereocenters. The summed E-state index contributed by atoms with van der Waals surface area (Å²) in [6.07, 6.45) is 6.57. The van der Waals surface area contributed by atoms with Gasteiger partial charge in [0.15, 0.2) is 0 Å². The Kier molecular flexibility index (Phi) is 3.93. The Morgan fingerprint density at radius 1 is 1.22 bits per heavy atom. The number of piperazine rings is 1. The molecule has 0 saturated carbocycles. The van der Waals surface area contributed by atoms with E-state index in [4.69, 9.17) is 0 Å². The largest absolute Gasteiger partial charge is 0.392 e. The summed E-state index contributed by atoms with van der Waals surface area (Å²) < 4.78 is 2.22. The van der Waals surface area contributed by atoms with Crippen LogP contribution in [-0.2, 0) is 6.54 Å². The van der Waals surface area contributed by atoms with Crippen LogP contribution in [0.3, 0.4) is 0 Å². The molecule has 0 aromatic carbocycles. The fourth-order valence-electron chi connectivity index (χ4n) is 4.00. The molecule has 0 radical (unpaired) electrons. The highest BCUT2D eigenvalue weighted by Crippen LogP contribution is 2.26. The van der Waals surface area contributed by atoms with Gasteiger partial charge in [-0.05, 0) is 37.6 Å². The van der Waals surface area contributed by atoms with Gasteiger partial charge in [0.05, 0.1) is 18.0 Å². The number of aliphatic hydroxyl groups is 1. The van der Waals surface area contributed by atoms with Gasteiger partial charge in [-0.25, -0.2) is 0 Å². The predicted octanol–water partition coefficient (Wildman–Crippen LogP) is 1.51. The van der Waals surface area contributed by atoms with Crippen molar-refractivity contribution >= 4 is 0 Å². The standard InChI is InChI=1S/C18H24N4O/c1-14-10-21-13-18(23)8-17(21)12-20(14)11-16-5-3-7-22(16)15-4-2-6-19-9-15/h2-7,9,14,17-18,23H,8,10-13H2,1H3/t14-,17+,18+/m0/s1. The lowest BCUT2D eigenvalue weighted by Crippen LogP contribution is -2.54. The Hall–Kier alpha value is -1.69. The van der Waals surface area contributed by atoms with Crippen molar-refractivity contribution in [1.29, 1.82) is 0 Å². The van der Waals surface area contributed by atoms with E-state index in [-0.39, 0.29) is 6.10 Å². The molecule has 4 rings (SSSR count). The lowest BCUT2D eigenvalue weighted by Gasteiger charge is -2.42. The van der Waals surface area contributed by atoms with Crippen LogP contribution < -0.4 is 0 Å². The van der Waals surface area contributed by atoms with Crippen LogP contribution in [0.25, 0.3) is 5.69 Å². The molecule has 2 aliphatic heterocycles. The molecule has 122 valence electrons. The highest BCUT2D eigenvalue weighted by Gasteiger charge is 2.38. The normalized spacial score (nSPS) is 28.9. The first-order valence-corrected chi connectivity index (χ1v) is 8.43. The van der Waals surface area contributed by atoms with E-state index in [1.807, 2.05) is 12.3 Å². The molecule has 2 aromatic rings. The smallest absolute Gasteiger partial charge is 0.0682 e. The van der Waals surface area contributed by atoms with Crippen LogP contribution in [0.15, 0.2) is 42.9 Å². The summed E-state index contributed by atoms with van der Waals surface area (Å²) in [7, 11) is 0. The second-order valence-electron chi connectivity index (χ2n) is 6.86. The van der Waals surface area contributed by atoms with E-state index in [1.54, 1.807) is 6.20 Å². The minimum absolute atomic E-state index is 0.147. The summed E-state index contributed by atoms with van der Waals surface area (Å²) in [5.74, 6) is 0. The molecular weight excluding hydrogens is 288 g/mol. The van der Waals surface area contributed by atoms with Crippen LogP contribution in [0.4, 0.5) is 0 Å². The SMILES string of the molecule is C[C@H]1CN2C[C@H](O)C[C@@H]2CN1Cc1cccn1-c1cccnc1. The van der Waals surface area contributed by atoms with Crippen molar-refractivity contribution in [1.82, 2.24) is 19.4 Å². The van der Waals surface area contributed by atoms with Gasteiger partial charge in [0, 0.05) is 56.4 Å². The zero-order valence-electron chi connectivity index (χ0n) is 13.5. The van der Waals surface area contributed by atoms with Crippen LogP contribution in [0.5, 0.6) is 0 Å². The third-order valence-electron chi connectivity index (χ3n) is 5.20. The average molecular weight is 312 g/mol. The number of pyridine rings is 1. The summed E-state index contributed by atoms with van der Waals surface area (Å²) in [6, 6.07) is 9.36. The molecule has 2 fully saturated rings. The summed E-state index contributed by atoms with van der Waals surface area (Å²) in [4.78, 5) is 9.22. The number of rotatable bonds is 3. The third-order valence-corrected chi connectivity index (χ3v) is 5.20. The molecule has 4 heterocycles. The molecule has 2 aromatic heterocycles. The van der Waals surface area contributed by atoms with Crippen LogP contribution in [0.1, 0.15) is 19.0 Å². The van der Waals surface area contributed by atoms with Gasteiger partial charge < -0.3 is 9.67 Å². The minimum Gasteiger partial charge on any atom is -0.392 e. The number of aromatic nitrogens is 2. The summed E-state index contributed by atoms with van der Waals surface area (Å²) in [5, 5.41) is 9.91. The maximum atomic E-state index is 9.91.